The van der Waals surface area contributed by atoms with Crippen LogP contribution in [0.5, 0.6) is 11.5 Å². The third-order valence-corrected chi connectivity index (χ3v) is 1.96. The van der Waals surface area contributed by atoms with E-state index in [0.717, 1.165) is 0 Å². The topological polar surface area (TPSA) is 56.8 Å². The van der Waals surface area contributed by atoms with Gasteiger partial charge in [-0.05, 0) is 19.2 Å². The van der Waals surface area contributed by atoms with Crippen LogP contribution in [0.1, 0.15) is 10.4 Å². The highest BCUT2D eigenvalue weighted by molar-refractivity contribution is 5.92. The third kappa shape index (κ3) is 2.87. The minimum Gasteiger partial charge on any atom is -0.496 e. The van der Waals surface area contributed by atoms with E-state index < -0.39 is 5.97 Å². The Morgan fingerprint density at radius 3 is 2.69 bits per heavy atom. The second-order valence-electron chi connectivity index (χ2n) is 3.00. The Morgan fingerprint density at radius 1 is 1.38 bits per heavy atom. The van der Waals surface area contributed by atoms with Gasteiger partial charge in [-0.15, -0.1) is 0 Å². The summed E-state index contributed by atoms with van der Waals surface area (Å²) in [4.78, 5) is 11.4. The number of carbonyl (C=O) groups excluding carboxylic acids is 1. The molecule has 88 valence electrons. The van der Waals surface area contributed by atoms with Crippen LogP contribution in [0.4, 0.5) is 0 Å². The lowest BCUT2D eigenvalue weighted by Gasteiger charge is -2.10. The molecule has 5 nitrogen and oxygen atoms in total. The van der Waals surface area contributed by atoms with Crippen molar-refractivity contribution >= 4 is 5.97 Å². The summed E-state index contributed by atoms with van der Waals surface area (Å²) in [5.74, 6) is 0.622. The summed E-state index contributed by atoms with van der Waals surface area (Å²) in [5.41, 5.74) is 0.377. The van der Waals surface area contributed by atoms with E-state index in [0.29, 0.717) is 23.8 Å². The van der Waals surface area contributed by atoms with Gasteiger partial charge >= 0.3 is 5.97 Å². The van der Waals surface area contributed by atoms with Crippen molar-refractivity contribution in [3.8, 4) is 11.5 Å². The molecule has 1 aromatic rings. The maximum Gasteiger partial charge on any atom is 0.341 e. The summed E-state index contributed by atoms with van der Waals surface area (Å²) >= 11 is 0. The monoisotopic (exact) mass is 225 g/mol. The van der Waals surface area contributed by atoms with Crippen LogP contribution in [-0.2, 0) is 4.74 Å². The minimum atomic E-state index is -0.433. The first-order valence-electron chi connectivity index (χ1n) is 4.76. The fourth-order valence-corrected chi connectivity index (χ4v) is 1.20. The zero-order valence-electron chi connectivity index (χ0n) is 9.57. The molecule has 0 aliphatic rings. The molecule has 0 radical (unpaired) electrons. The highest BCUT2D eigenvalue weighted by atomic mass is 16.5. The largest absolute Gasteiger partial charge is 0.496 e. The lowest BCUT2D eigenvalue weighted by molar-refractivity contribution is 0.0597. The van der Waals surface area contributed by atoms with Crippen LogP contribution >= 0.6 is 0 Å². The van der Waals surface area contributed by atoms with Gasteiger partial charge in [0.15, 0.2) is 0 Å². The standard InChI is InChI=1S/C11H15NO4/c1-12-7-16-8-4-5-9(11(13)15-3)10(6-8)14-2/h4-6,12H,7H2,1-3H3. The average molecular weight is 225 g/mol. The summed E-state index contributed by atoms with van der Waals surface area (Å²) in [7, 11) is 4.59. The Balaban J connectivity index is 2.92. The molecule has 0 aliphatic carbocycles. The van der Waals surface area contributed by atoms with Gasteiger partial charge in [0.2, 0.25) is 0 Å². The Hall–Kier alpha value is -1.75. The maximum atomic E-state index is 11.4. The molecule has 0 heterocycles. The summed E-state index contributed by atoms with van der Waals surface area (Å²) < 4.78 is 15.0. The van der Waals surface area contributed by atoms with Gasteiger partial charge in [0, 0.05) is 6.07 Å². The van der Waals surface area contributed by atoms with Crippen molar-refractivity contribution in [2.75, 3.05) is 28.0 Å². The van der Waals surface area contributed by atoms with Crippen molar-refractivity contribution in [3.63, 3.8) is 0 Å². The van der Waals surface area contributed by atoms with E-state index >= 15 is 0 Å². The van der Waals surface area contributed by atoms with Crippen LogP contribution in [0.15, 0.2) is 18.2 Å². The molecule has 1 rings (SSSR count). The molecule has 0 unspecified atom stereocenters. The molecule has 5 heteroatoms. The molecule has 0 atom stereocenters. The van der Waals surface area contributed by atoms with Crippen molar-refractivity contribution in [1.82, 2.24) is 5.32 Å². The number of methoxy groups -OCH3 is 2. The smallest absolute Gasteiger partial charge is 0.341 e. The van der Waals surface area contributed by atoms with Crippen molar-refractivity contribution in [3.05, 3.63) is 23.8 Å². The zero-order valence-corrected chi connectivity index (χ0v) is 9.57. The third-order valence-electron chi connectivity index (χ3n) is 1.96. The van der Waals surface area contributed by atoms with Crippen molar-refractivity contribution in [2.24, 2.45) is 0 Å². The molecule has 0 aliphatic heterocycles. The van der Waals surface area contributed by atoms with Crippen LogP contribution in [0.2, 0.25) is 0 Å². The SMILES string of the molecule is CNCOc1ccc(C(=O)OC)c(OC)c1. The fourth-order valence-electron chi connectivity index (χ4n) is 1.20. The summed E-state index contributed by atoms with van der Waals surface area (Å²) in [6.45, 7) is 0.390. The van der Waals surface area contributed by atoms with Crippen molar-refractivity contribution in [2.45, 2.75) is 0 Å². The van der Waals surface area contributed by atoms with Gasteiger partial charge in [0.25, 0.3) is 0 Å². The van der Waals surface area contributed by atoms with Gasteiger partial charge in [0.1, 0.15) is 23.8 Å². The first kappa shape index (κ1) is 12.3. The number of carbonyl (C=O) groups is 1. The van der Waals surface area contributed by atoms with Gasteiger partial charge in [0.05, 0.1) is 14.2 Å². The summed E-state index contributed by atoms with van der Waals surface area (Å²) in [5, 5.41) is 2.85. The maximum absolute atomic E-state index is 11.4. The number of nitrogens with one attached hydrogen (secondary N) is 1. The Labute approximate surface area is 94.3 Å². The average Bonchev–Trinajstić information content (AvgIpc) is 2.34. The molecule has 0 spiro atoms. The highest BCUT2D eigenvalue weighted by Crippen LogP contribution is 2.25. The Morgan fingerprint density at radius 2 is 2.12 bits per heavy atom. The number of rotatable bonds is 5. The Bertz CT molecular complexity index is 365. The molecule has 16 heavy (non-hydrogen) atoms. The number of benzene rings is 1. The number of ether oxygens (including phenoxy) is 3. The predicted molar refractivity (Wildman–Crippen MR) is 58.9 cm³/mol. The van der Waals surface area contributed by atoms with Crippen LogP contribution in [0.3, 0.4) is 0 Å². The normalized spacial score (nSPS) is 9.69. The molecule has 0 fully saturated rings. The molecule has 0 saturated carbocycles. The van der Waals surface area contributed by atoms with Gasteiger partial charge < -0.3 is 14.2 Å². The molecule has 0 saturated heterocycles. The van der Waals surface area contributed by atoms with Gasteiger partial charge in [-0.1, -0.05) is 0 Å². The lowest BCUT2D eigenvalue weighted by Crippen LogP contribution is -2.14. The molecule has 1 aromatic carbocycles. The van der Waals surface area contributed by atoms with Gasteiger partial charge in [-0.3, -0.25) is 5.32 Å². The van der Waals surface area contributed by atoms with Crippen molar-refractivity contribution < 1.29 is 19.0 Å². The first-order valence-corrected chi connectivity index (χ1v) is 4.76. The van der Waals surface area contributed by atoms with E-state index in [1.165, 1.54) is 14.2 Å². The lowest BCUT2D eigenvalue weighted by atomic mass is 10.2. The predicted octanol–water partition coefficient (Wildman–Crippen LogP) is 1.04. The molecule has 0 amide bonds. The zero-order chi connectivity index (χ0) is 12.0. The van der Waals surface area contributed by atoms with E-state index in [1.54, 1.807) is 25.2 Å². The second kappa shape index (κ2) is 5.97. The quantitative estimate of drug-likeness (QED) is 0.599. The summed E-state index contributed by atoms with van der Waals surface area (Å²) in [6, 6.07) is 4.94. The number of hydrogen-bond donors (Lipinski definition) is 1. The highest BCUT2D eigenvalue weighted by Gasteiger charge is 2.13. The second-order valence-corrected chi connectivity index (χ2v) is 3.00. The first-order chi connectivity index (χ1) is 7.72. The van der Waals surface area contributed by atoms with Crippen LogP contribution < -0.4 is 14.8 Å². The van der Waals surface area contributed by atoms with Gasteiger partial charge in [-0.2, -0.15) is 0 Å². The molecule has 0 aromatic heterocycles. The summed E-state index contributed by atoms with van der Waals surface area (Å²) in [6.07, 6.45) is 0. The number of hydrogen-bond acceptors (Lipinski definition) is 5. The molecular formula is C11H15NO4. The van der Waals surface area contributed by atoms with E-state index in [1.807, 2.05) is 0 Å². The van der Waals surface area contributed by atoms with Crippen LogP contribution in [-0.4, -0.2) is 34.0 Å². The van der Waals surface area contributed by atoms with E-state index in [2.05, 4.69) is 10.1 Å². The van der Waals surface area contributed by atoms with Crippen molar-refractivity contribution in [1.29, 1.82) is 0 Å². The van der Waals surface area contributed by atoms with Crippen LogP contribution in [0, 0.1) is 0 Å². The molecular weight excluding hydrogens is 210 g/mol. The molecule has 1 N–H and O–H groups in total. The fraction of sp³-hybridized carbons (Fsp3) is 0.364. The van der Waals surface area contributed by atoms with Gasteiger partial charge in [-0.25, -0.2) is 4.79 Å². The van der Waals surface area contributed by atoms with E-state index in [9.17, 15) is 4.79 Å². The molecule has 0 bridgehead atoms. The van der Waals surface area contributed by atoms with E-state index in [4.69, 9.17) is 9.47 Å². The van der Waals surface area contributed by atoms with E-state index in [-0.39, 0.29) is 0 Å². The van der Waals surface area contributed by atoms with Crippen LogP contribution in [0.25, 0.3) is 0 Å². The Kier molecular flexibility index (Phi) is 4.60. The number of esters is 1. The minimum absolute atomic E-state index is 0.377.